The van der Waals surface area contributed by atoms with Crippen molar-refractivity contribution < 1.29 is 9.47 Å². The zero-order valence-electron chi connectivity index (χ0n) is 11.7. The topological polar surface area (TPSA) is 81.2 Å². The summed E-state index contributed by atoms with van der Waals surface area (Å²) in [5.74, 6) is 1.55. The second-order valence-corrected chi connectivity index (χ2v) is 3.82. The van der Waals surface area contributed by atoms with Gasteiger partial charge in [0.25, 0.3) is 0 Å². The highest BCUT2D eigenvalue weighted by molar-refractivity contribution is 5.62. The lowest BCUT2D eigenvalue weighted by atomic mass is 10.3. The highest BCUT2D eigenvalue weighted by atomic mass is 16.5. The summed E-state index contributed by atoms with van der Waals surface area (Å²) >= 11 is 0. The van der Waals surface area contributed by atoms with Crippen molar-refractivity contribution in [3.8, 4) is 11.8 Å². The minimum atomic E-state index is 0.244. The Bertz CT molecular complexity index is 576. The van der Waals surface area contributed by atoms with Gasteiger partial charge in [-0.1, -0.05) is 12.1 Å². The van der Waals surface area contributed by atoms with Crippen molar-refractivity contribution in [1.29, 1.82) is 0 Å². The molecule has 2 aromatic rings. The van der Waals surface area contributed by atoms with Crippen LogP contribution in [0.5, 0.6) is 11.8 Å². The fourth-order valence-electron chi connectivity index (χ4n) is 1.61. The minimum Gasteiger partial charge on any atom is -0.495 e. The third-order valence-corrected chi connectivity index (χ3v) is 2.49. The second-order valence-electron chi connectivity index (χ2n) is 3.82. The van der Waals surface area contributed by atoms with Crippen LogP contribution in [-0.4, -0.2) is 35.7 Å². The SMILES string of the molecule is CCNc1nc(Nc2ccccc2OC)nc(OC)n1. The van der Waals surface area contributed by atoms with Gasteiger partial charge in [0.1, 0.15) is 5.75 Å². The van der Waals surface area contributed by atoms with E-state index in [-0.39, 0.29) is 6.01 Å². The maximum Gasteiger partial charge on any atom is 0.322 e. The molecule has 0 aliphatic rings. The monoisotopic (exact) mass is 275 g/mol. The van der Waals surface area contributed by atoms with E-state index in [2.05, 4.69) is 25.6 Å². The van der Waals surface area contributed by atoms with Gasteiger partial charge in [-0.25, -0.2) is 0 Å². The molecule has 7 heteroatoms. The van der Waals surface area contributed by atoms with Crippen LogP contribution in [0.3, 0.4) is 0 Å². The molecule has 2 rings (SSSR count). The van der Waals surface area contributed by atoms with E-state index in [9.17, 15) is 0 Å². The molecule has 0 unspecified atom stereocenters. The Morgan fingerprint density at radius 3 is 2.45 bits per heavy atom. The van der Waals surface area contributed by atoms with Crippen LogP contribution in [0.15, 0.2) is 24.3 Å². The van der Waals surface area contributed by atoms with Crippen LogP contribution in [-0.2, 0) is 0 Å². The summed E-state index contributed by atoms with van der Waals surface area (Å²) in [7, 11) is 3.12. The van der Waals surface area contributed by atoms with Crippen molar-refractivity contribution in [3.63, 3.8) is 0 Å². The van der Waals surface area contributed by atoms with Gasteiger partial charge in [0.2, 0.25) is 11.9 Å². The summed E-state index contributed by atoms with van der Waals surface area (Å²) in [5, 5.41) is 6.11. The molecule has 0 bridgehead atoms. The number of aromatic nitrogens is 3. The fraction of sp³-hybridized carbons (Fsp3) is 0.308. The first-order chi connectivity index (χ1) is 9.76. The predicted molar refractivity (Wildman–Crippen MR) is 76.8 cm³/mol. The summed E-state index contributed by atoms with van der Waals surface area (Å²) < 4.78 is 10.3. The maximum atomic E-state index is 5.27. The van der Waals surface area contributed by atoms with Crippen LogP contribution in [0.1, 0.15) is 6.92 Å². The first-order valence-electron chi connectivity index (χ1n) is 6.20. The molecule has 0 atom stereocenters. The number of rotatable bonds is 6. The van der Waals surface area contributed by atoms with Crippen LogP contribution >= 0.6 is 0 Å². The van der Waals surface area contributed by atoms with E-state index < -0.39 is 0 Å². The molecule has 0 saturated carbocycles. The summed E-state index contributed by atoms with van der Waals surface area (Å²) in [6.07, 6.45) is 0. The molecule has 1 heterocycles. The molecule has 20 heavy (non-hydrogen) atoms. The lowest BCUT2D eigenvalue weighted by Crippen LogP contribution is -2.08. The standard InChI is InChI=1S/C13H17N5O2/c1-4-14-11-16-12(18-13(17-11)20-3)15-9-7-5-6-8-10(9)19-2/h5-8H,4H2,1-3H3,(H2,14,15,16,17,18). The summed E-state index contributed by atoms with van der Waals surface area (Å²) in [6, 6.07) is 7.76. The quantitative estimate of drug-likeness (QED) is 0.835. The highest BCUT2D eigenvalue weighted by Crippen LogP contribution is 2.26. The number of para-hydroxylation sites is 2. The lowest BCUT2D eigenvalue weighted by molar-refractivity contribution is 0.379. The number of anilines is 3. The number of ether oxygens (including phenoxy) is 2. The average molecular weight is 275 g/mol. The van der Waals surface area contributed by atoms with Gasteiger partial charge in [-0.15, -0.1) is 0 Å². The van der Waals surface area contributed by atoms with Crippen molar-refractivity contribution in [3.05, 3.63) is 24.3 Å². The Kier molecular flexibility index (Phi) is 4.54. The smallest absolute Gasteiger partial charge is 0.322 e. The Balaban J connectivity index is 2.30. The van der Waals surface area contributed by atoms with Gasteiger partial charge < -0.3 is 20.1 Å². The van der Waals surface area contributed by atoms with Gasteiger partial charge in [0, 0.05) is 6.54 Å². The number of hydrogen-bond donors (Lipinski definition) is 2. The third kappa shape index (κ3) is 3.25. The second kappa shape index (κ2) is 6.55. The molecule has 0 amide bonds. The fourth-order valence-corrected chi connectivity index (χ4v) is 1.61. The van der Waals surface area contributed by atoms with Crippen LogP contribution in [0.2, 0.25) is 0 Å². The zero-order chi connectivity index (χ0) is 14.4. The van der Waals surface area contributed by atoms with Gasteiger partial charge in [0.15, 0.2) is 0 Å². The van der Waals surface area contributed by atoms with Gasteiger partial charge in [-0.05, 0) is 19.1 Å². The Morgan fingerprint density at radius 2 is 1.75 bits per heavy atom. The number of nitrogens with one attached hydrogen (secondary N) is 2. The molecule has 0 saturated heterocycles. The molecule has 1 aromatic heterocycles. The van der Waals surface area contributed by atoms with E-state index in [1.54, 1.807) is 7.11 Å². The van der Waals surface area contributed by atoms with E-state index in [4.69, 9.17) is 9.47 Å². The number of methoxy groups -OCH3 is 2. The molecular weight excluding hydrogens is 258 g/mol. The zero-order valence-corrected chi connectivity index (χ0v) is 11.7. The average Bonchev–Trinajstić information content (AvgIpc) is 2.48. The van der Waals surface area contributed by atoms with Gasteiger partial charge in [0.05, 0.1) is 19.9 Å². The van der Waals surface area contributed by atoms with Crippen LogP contribution in [0.4, 0.5) is 17.6 Å². The van der Waals surface area contributed by atoms with Gasteiger partial charge in [-0.3, -0.25) is 0 Å². The normalized spacial score (nSPS) is 9.95. The Hall–Kier alpha value is -2.57. The molecule has 1 aromatic carbocycles. The molecule has 7 nitrogen and oxygen atoms in total. The minimum absolute atomic E-state index is 0.244. The molecule has 0 fully saturated rings. The van der Waals surface area contributed by atoms with Gasteiger partial charge in [-0.2, -0.15) is 15.0 Å². The third-order valence-electron chi connectivity index (χ3n) is 2.49. The summed E-state index contributed by atoms with van der Waals surface area (Å²) in [5.41, 5.74) is 0.769. The van der Waals surface area contributed by atoms with Gasteiger partial charge >= 0.3 is 6.01 Å². The van der Waals surface area contributed by atoms with Crippen LogP contribution in [0.25, 0.3) is 0 Å². The van der Waals surface area contributed by atoms with Crippen molar-refractivity contribution in [2.45, 2.75) is 6.92 Å². The molecule has 106 valence electrons. The molecule has 0 radical (unpaired) electrons. The predicted octanol–water partition coefficient (Wildman–Crippen LogP) is 2.06. The van der Waals surface area contributed by atoms with Crippen molar-refractivity contribution in [2.24, 2.45) is 0 Å². The Morgan fingerprint density at radius 1 is 1.00 bits per heavy atom. The summed E-state index contributed by atoms with van der Waals surface area (Å²) in [6.45, 7) is 2.67. The molecule has 0 aliphatic carbocycles. The summed E-state index contributed by atoms with van der Waals surface area (Å²) in [4.78, 5) is 12.5. The van der Waals surface area contributed by atoms with E-state index in [1.807, 2.05) is 31.2 Å². The first kappa shape index (κ1) is 13.9. The van der Waals surface area contributed by atoms with E-state index in [0.29, 0.717) is 24.2 Å². The number of hydrogen-bond acceptors (Lipinski definition) is 7. The van der Waals surface area contributed by atoms with E-state index >= 15 is 0 Å². The largest absolute Gasteiger partial charge is 0.495 e. The number of nitrogens with zero attached hydrogens (tertiary/aromatic N) is 3. The molecule has 0 spiro atoms. The van der Waals surface area contributed by atoms with Crippen LogP contribution in [0, 0.1) is 0 Å². The Labute approximate surface area is 117 Å². The van der Waals surface area contributed by atoms with E-state index in [1.165, 1.54) is 7.11 Å². The number of benzene rings is 1. The van der Waals surface area contributed by atoms with E-state index in [0.717, 1.165) is 5.69 Å². The first-order valence-corrected chi connectivity index (χ1v) is 6.20. The van der Waals surface area contributed by atoms with Crippen molar-refractivity contribution in [2.75, 3.05) is 31.4 Å². The van der Waals surface area contributed by atoms with Crippen molar-refractivity contribution in [1.82, 2.24) is 15.0 Å². The maximum absolute atomic E-state index is 5.27. The molecular formula is C13H17N5O2. The lowest BCUT2D eigenvalue weighted by Gasteiger charge is -2.11. The highest BCUT2D eigenvalue weighted by Gasteiger charge is 2.08. The van der Waals surface area contributed by atoms with Crippen LogP contribution < -0.4 is 20.1 Å². The molecule has 2 N–H and O–H groups in total. The molecule has 0 aliphatic heterocycles. The van der Waals surface area contributed by atoms with Crippen molar-refractivity contribution >= 4 is 17.6 Å².